The number of nitrogens with zero attached hydrogens (tertiary/aromatic N) is 2. The van der Waals surface area contributed by atoms with E-state index in [9.17, 15) is 14.4 Å². The maximum Gasteiger partial charge on any atom is 0.261 e. The fourth-order valence-electron chi connectivity index (χ4n) is 3.39. The van der Waals surface area contributed by atoms with Gasteiger partial charge in [0.1, 0.15) is 0 Å². The molecule has 2 aromatic rings. The Hall–Kier alpha value is -2.99. The molecule has 0 fully saturated rings. The van der Waals surface area contributed by atoms with Crippen molar-refractivity contribution in [3.63, 3.8) is 0 Å². The molecule has 28 heavy (non-hydrogen) atoms. The van der Waals surface area contributed by atoms with Gasteiger partial charge in [0.25, 0.3) is 11.8 Å². The second-order valence-electron chi connectivity index (χ2n) is 7.26. The molecule has 1 aliphatic rings. The molecule has 1 aliphatic heterocycles. The maximum absolute atomic E-state index is 12.5. The fourth-order valence-corrected chi connectivity index (χ4v) is 3.39. The first-order valence-electron chi connectivity index (χ1n) is 9.33. The zero-order chi connectivity index (χ0) is 20.3. The first-order valence-corrected chi connectivity index (χ1v) is 9.33. The van der Waals surface area contributed by atoms with Crippen LogP contribution >= 0.6 is 0 Å². The van der Waals surface area contributed by atoms with Gasteiger partial charge in [0, 0.05) is 19.5 Å². The molecule has 1 N–H and O–H groups in total. The molecule has 1 unspecified atom stereocenters. The van der Waals surface area contributed by atoms with Crippen LogP contribution in [-0.2, 0) is 4.79 Å². The Kier molecular flexibility index (Phi) is 5.90. The summed E-state index contributed by atoms with van der Waals surface area (Å²) >= 11 is 0. The van der Waals surface area contributed by atoms with E-state index in [1.807, 2.05) is 62.3 Å². The molecule has 3 amide bonds. The van der Waals surface area contributed by atoms with Gasteiger partial charge in [0.15, 0.2) is 0 Å². The number of benzene rings is 2. The molecular formula is C22H25N3O3. The van der Waals surface area contributed by atoms with E-state index < -0.39 is 0 Å². The number of imide groups is 1. The van der Waals surface area contributed by atoms with Gasteiger partial charge in [0.05, 0.1) is 17.2 Å². The molecule has 6 nitrogen and oxygen atoms in total. The van der Waals surface area contributed by atoms with Crippen LogP contribution in [0.1, 0.15) is 44.3 Å². The van der Waals surface area contributed by atoms with Crippen molar-refractivity contribution in [3.8, 4) is 0 Å². The van der Waals surface area contributed by atoms with E-state index >= 15 is 0 Å². The van der Waals surface area contributed by atoms with Crippen molar-refractivity contribution in [1.82, 2.24) is 15.1 Å². The monoisotopic (exact) mass is 379 g/mol. The Morgan fingerprint density at radius 1 is 1.04 bits per heavy atom. The van der Waals surface area contributed by atoms with Crippen LogP contribution in [0.25, 0.3) is 0 Å². The predicted octanol–water partition coefficient (Wildman–Crippen LogP) is 2.40. The van der Waals surface area contributed by atoms with Crippen LogP contribution in [0.5, 0.6) is 0 Å². The van der Waals surface area contributed by atoms with Gasteiger partial charge in [-0.2, -0.15) is 0 Å². The lowest BCUT2D eigenvalue weighted by molar-refractivity contribution is -0.121. The Morgan fingerprint density at radius 2 is 1.71 bits per heavy atom. The van der Waals surface area contributed by atoms with Crippen molar-refractivity contribution in [2.24, 2.45) is 0 Å². The van der Waals surface area contributed by atoms with Gasteiger partial charge < -0.3 is 10.2 Å². The minimum atomic E-state index is -0.330. The van der Waals surface area contributed by atoms with Gasteiger partial charge in [0.2, 0.25) is 5.91 Å². The highest BCUT2D eigenvalue weighted by Crippen LogP contribution is 2.24. The van der Waals surface area contributed by atoms with Gasteiger partial charge in [-0.05, 0) is 38.7 Å². The highest BCUT2D eigenvalue weighted by atomic mass is 16.2. The van der Waals surface area contributed by atoms with Crippen LogP contribution in [-0.4, -0.2) is 54.7 Å². The van der Waals surface area contributed by atoms with Gasteiger partial charge in [-0.25, -0.2) is 0 Å². The van der Waals surface area contributed by atoms with E-state index in [0.29, 0.717) is 17.7 Å². The summed E-state index contributed by atoms with van der Waals surface area (Å²) in [5.74, 6) is -0.842. The second kappa shape index (κ2) is 8.35. The number of carbonyl (C=O) groups is 3. The standard InChI is InChI=1S/C22H25N3O3/c1-15-9-10-17-18(13-15)22(28)25(21(17)27)12-11-20(26)23-14-19(24(2)3)16-7-5-4-6-8-16/h4-10,13,19H,11-12,14H2,1-3H3,(H,23,26). The molecule has 1 heterocycles. The molecule has 0 aliphatic carbocycles. The van der Waals surface area contributed by atoms with Crippen LogP contribution < -0.4 is 5.32 Å². The number of amides is 3. The van der Waals surface area contributed by atoms with Gasteiger partial charge in [-0.1, -0.05) is 42.0 Å². The van der Waals surface area contributed by atoms with Crippen LogP contribution in [0.3, 0.4) is 0 Å². The van der Waals surface area contributed by atoms with Crippen LogP contribution in [0, 0.1) is 6.92 Å². The molecule has 0 saturated heterocycles. The average Bonchev–Trinajstić information content (AvgIpc) is 2.90. The first-order chi connectivity index (χ1) is 13.4. The molecule has 0 radical (unpaired) electrons. The van der Waals surface area contributed by atoms with Crippen molar-refractivity contribution in [3.05, 3.63) is 70.8 Å². The van der Waals surface area contributed by atoms with E-state index in [-0.39, 0.29) is 36.7 Å². The van der Waals surface area contributed by atoms with Gasteiger partial charge in [-0.15, -0.1) is 0 Å². The normalized spacial score (nSPS) is 14.4. The van der Waals surface area contributed by atoms with Crippen molar-refractivity contribution < 1.29 is 14.4 Å². The zero-order valence-electron chi connectivity index (χ0n) is 16.4. The number of hydrogen-bond acceptors (Lipinski definition) is 4. The molecule has 146 valence electrons. The number of rotatable bonds is 7. The highest BCUT2D eigenvalue weighted by molar-refractivity contribution is 6.21. The second-order valence-corrected chi connectivity index (χ2v) is 7.26. The summed E-state index contributed by atoms with van der Waals surface area (Å²) in [5.41, 5.74) is 2.87. The lowest BCUT2D eigenvalue weighted by Gasteiger charge is -2.25. The molecule has 0 spiro atoms. The smallest absolute Gasteiger partial charge is 0.261 e. The molecule has 6 heteroatoms. The zero-order valence-corrected chi connectivity index (χ0v) is 16.4. The summed E-state index contributed by atoms with van der Waals surface area (Å²) in [4.78, 5) is 40.4. The van der Waals surface area contributed by atoms with Crippen molar-refractivity contribution in [2.75, 3.05) is 27.2 Å². The average molecular weight is 379 g/mol. The van der Waals surface area contributed by atoms with Crippen molar-refractivity contribution >= 4 is 17.7 Å². The van der Waals surface area contributed by atoms with E-state index in [4.69, 9.17) is 0 Å². The lowest BCUT2D eigenvalue weighted by atomic mass is 10.1. The number of nitrogens with one attached hydrogen (secondary N) is 1. The number of carbonyl (C=O) groups excluding carboxylic acids is 3. The summed E-state index contributed by atoms with van der Waals surface area (Å²) < 4.78 is 0. The number of aryl methyl sites for hydroxylation is 1. The van der Waals surface area contributed by atoms with Crippen LogP contribution in [0.15, 0.2) is 48.5 Å². The molecule has 1 atom stereocenters. The third-order valence-electron chi connectivity index (χ3n) is 4.99. The largest absolute Gasteiger partial charge is 0.354 e. The lowest BCUT2D eigenvalue weighted by Crippen LogP contribution is -2.37. The Bertz CT molecular complexity index is 893. The third kappa shape index (κ3) is 4.12. The Morgan fingerprint density at radius 3 is 2.39 bits per heavy atom. The van der Waals surface area contributed by atoms with E-state index in [1.165, 1.54) is 0 Å². The number of fused-ring (bicyclic) bond motifs is 1. The van der Waals surface area contributed by atoms with Crippen molar-refractivity contribution in [2.45, 2.75) is 19.4 Å². The summed E-state index contributed by atoms with van der Waals surface area (Å²) in [6, 6.07) is 15.2. The SMILES string of the molecule is Cc1ccc2c(c1)C(=O)N(CCC(=O)NCC(c1ccccc1)N(C)C)C2=O. The molecular weight excluding hydrogens is 354 g/mol. The number of likely N-dealkylation sites (N-methyl/N-ethyl adjacent to an activating group) is 1. The summed E-state index contributed by atoms with van der Waals surface area (Å²) in [5, 5.41) is 2.92. The van der Waals surface area contributed by atoms with Crippen LogP contribution in [0.2, 0.25) is 0 Å². The van der Waals surface area contributed by atoms with Gasteiger partial charge in [-0.3, -0.25) is 19.3 Å². The van der Waals surface area contributed by atoms with E-state index in [0.717, 1.165) is 16.0 Å². The predicted molar refractivity (Wildman–Crippen MR) is 107 cm³/mol. The topological polar surface area (TPSA) is 69.7 Å². The maximum atomic E-state index is 12.5. The number of hydrogen-bond donors (Lipinski definition) is 1. The van der Waals surface area contributed by atoms with Crippen LogP contribution in [0.4, 0.5) is 0 Å². The fraction of sp³-hybridized carbons (Fsp3) is 0.318. The van der Waals surface area contributed by atoms with Crippen molar-refractivity contribution in [1.29, 1.82) is 0 Å². The highest BCUT2D eigenvalue weighted by Gasteiger charge is 2.35. The summed E-state index contributed by atoms with van der Waals surface area (Å²) in [6.07, 6.45) is 0.0827. The molecule has 0 aromatic heterocycles. The molecule has 0 bridgehead atoms. The quantitative estimate of drug-likeness (QED) is 0.750. The molecule has 0 saturated carbocycles. The first kappa shape index (κ1) is 19.8. The van der Waals surface area contributed by atoms with E-state index in [1.54, 1.807) is 12.1 Å². The summed E-state index contributed by atoms with van der Waals surface area (Å²) in [7, 11) is 3.93. The molecule has 3 rings (SSSR count). The van der Waals surface area contributed by atoms with Gasteiger partial charge >= 0.3 is 0 Å². The summed E-state index contributed by atoms with van der Waals surface area (Å²) in [6.45, 7) is 2.41. The Balaban J connectivity index is 1.56. The minimum absolute atomic E-state index is 0.0485. The van der Waals surface area contributed by atoms with E-state index in [2.05, 4.69) is 5.32 Å². The third-order valence-corrected chi connectivity index (χ3v) is 4.99. The molecule has 2 aromatic carbocycles. The minimum Gasteiger partial charge on any atom is -0.354 e. The Labute approximate surface area is 165 Å².